The van der Waals surface area contributed by atoms with E-state index in [-0.39, 0.29) is 0 Å². The molecule has 1 aromatic carbocycles. The maximum absolute atomic E-state index is 13.1. The normalized spacial score (nSPS) is 25.3. The standard InChI is InChI=1S/C14H20F2N2/c1-10-7-12(17-2)5-6-18(10)9-11-3-4-13(15)14(16)8-11/h3-4,8,10,12,17H,5-7,9H2,1-2H3. The van der Waals surface area contributed by atoms with Gasteiger partial charge in [-0.05, 0) is 44.5 Å². The maximum atomic E-state index is 13.1. The highest BCUT2D eigenvalue weighted by molar-refractivity contribution is 5.17. The van der Waals surface area contributed by atoms with Crippen molar-refractivity contribution in [1.82, 2.24) is 10.2 Å². The topological polar surface area (TPSA) is 15.3 Å². The quantitative estimate of drug-likeness (QED) is 0.891. The Labute approximate surface area is 107 Å². The highest BCUT2D eigenvalue weighted by Crippen LogP contribution is 2.20. The largest absolute Gasteiger partial charge is 0.317 e. The molecule has 1 saturated heterocycles. The molecule has 1 aliphatic heterocycles. The van der Waals surface area contributed by atoms with Gasteiger partial charge in [0.1, 0.15) is 0 Å². The van der Waals surface area contributed by atoms with Crippen LogP contribution in [0.3, 0.4) is 0 Å². The Bertz CT molecular complexity index is 409. The van der Waals surface area contributed by atoms with Crippen molar-refractivity contribution in [3.8, 4) is 0 Å². The van der Waals surface area contributed by atoms with Crippen LogP contribution in [0.1, 0.15) is 25.3 Å². The second-order valence-corrected chi connectivity index (χ2v) is 5.08. The van der Waals surface area contributed by atoms with Crippen molar-refractivity contribution in [3.63, 3.8) is 0 Å². The number of benzene rings is 1. The molecule has 0 radical (unpaired) electrons. The lowest BCUT2D eigenvalue weighted by molar-refractivity contribution is 0.131. The summed E-state index contributed by atoms with van der Waals surface area (Å²) in [5, 5.41) is 3.30. The van der Waals surface area contributed by atoms with Crippen LogP contribution in [0.2, 0.25) is 0 Å². The fourth-order valence-corrected chi connectivity index (χ4v) is 2.59. The Balaban J connectivity index is 1.99. The molecule has 0 bridgehead atoms. The monoisotopic (exact) mass is 254 g/mol. The van der Waals surface area contributed by atoms with E-state index in [1.165, 1.54) is 12.1 Å². The summed E-state index contributed by atoms with van der Waals surface area (Å²) in [5.74, 6) is -1.54. The van der Waals surface area contributed by atoms with Crippen LogP contribution < -0.4 is 5.32 Å². The molecule has 4 heteroatoms. The van der Waals surface area contributed by atoms with Gasteiger partial charge in [-0.15, -0.1) is 0 Å². The fraction of sp³-hybridized carbons (Fsp3) is 0.571. The smallest absolute Gasteiger partial charge is 0.159 e. The van der Waals surface area contributed by atoms with Gasteiger partial charge >= 0.3 is 0 Å². The number of nitrogens with one attached hydrogen (secondary N) is 1. The lowest BCUT2D eigenvalue weighted by atomic mass is 9.98. The molecule has 2 atom stereocenters. The Kier molecular flexibility index (Phi) is 4.30. The number of hydrogen-bond acceptors (Lipinski definition) is 2. The minimum atomic E-state index is -0.777. The van der Waals surface area contributed by atoms with Crippen LogP contribution in [0.15, 0.2) is 18.2 Å². The van der Waals surface area contributed by atoms with Gasteiger partial charge in [-0.2, -0.15) is 0 Å². The van der Waals surface area contributed by atoms with Crippen molar-refractivity contribution >= 4 is 0 Å². The van der Waals surface area contributed by atoms with Crippen LogP contribution in [-0.4, -0.2) is 30.6 Å². The molecule has 0 amide bonds. The average molecular weight is 254 g/mol. The third kappa shape index (κ3) is 3.06. The van der Waals surface area contributed by atoms with Crippen molar-refractivity contribution in [2.24, 2.45) is 0 Å². The molecule has 0 aliphatic carbocycles. The second-order valence-electron chi connectivity index (χ2n) is 5.08. The minimum Gasteiger partial charge on any atom is -0.317 e. The molecule has 0 aromatic heterocycles. The van der Waals surface area contributed by atoms with Gasteiger partial charge in [0.05, 0.1) is 0 Å². The highest BCUT2D eigenvalue weighted by atomic mass is 19.2. The number of halogens is 2. The van der Waals surface area contributed by atoms with Gasteiger partial charge in [-0.3, -0.25) is 4.90 Å². The van der Waals surface area contributed by atoms with E-state index in [1.54, 1.807) is 6.07 Å². The number of likely N-dealkylation sites (tertiary alicyclic amines) is 1. The average Bonchev–Trinajstić information content (AvgIpc) is 2.36. The lowest BCUT2D eigenvalue weighted by Crippen LogP contribution is -2.46. The molecular formula is C14H20F2N2. The molecule has 2 rings (SSSR count). The van der Waals surface area contributed by atoms with Crippen LogP contribution in [0.5, 0.6) is 0 Å². The molecule has 1 heterocycles. The first-order chi connectivity index (χ1) is 8.60. The van der Waals surface area contributed by atoms with Gasteiger partial charge in [-0.1, -0.05) is 6.07 Å². The van der Waals surface area contributed by atoms with Crippen molar-refractivity contribution in [2.75, 3.05) is 13.6 Å². The summed E-state index contributed by atoms with van der Waals surface area (Å²) in [5.41, 5.74) is 0.837. The molecule has 1 aromatic rings. The summed E-state index contributed by atoms with van der Waals surface area (Å²) in [6.07, 6.45) is 2.20. The number of hydrogen-bond donors (Lipinski definition) is 1. The van der Waals surface area contributed by atoms with Gasteiger partial charge < -0.3 is 5.32 Å². The van der Waals surface area contributed by atoms with Crippen LogP contribution >= 0.6 is 0 Å². The van der Waals surface area contributed by atoms with E-state index < -0.39 is 11.6 Å². The highest BCUT2D eigenvalue weighted by Gasteiger charge is 2.24. The number of rotatable bonds is 3. The molecule has 1 N–H and O–H groups in total. The molecule has 1 aliphatic rings. The third-order valence-electron chi connectivity index (χ3n) is 3.79. The van der Waals surface area contributed by atoms with E-state index in [4.69, 9.17) is 0 Å². The molecule has 100 valence electrons. The van der Waals surface area contributed by atoms with Crippen LogP contribution in [0, 0.1) is 11.6 Å². The van der Waals surface area contributed by atoms with Crippen molar-refractivity contribution in [1.29, 1.82) is 0 Å². The van der Waals surface area contributed by atoms with E-state index in [0.29, 0.717) is 18.6 Å². The first-order valence-electron chi connectivity index (χ1n) is 6.45. The van der Waals surface area contributed by atoms with Gasteiger partial charge in [0.2, 0.25) is 0 Å². The van der Waals surface area contributed by atoms with Crippen LogP contribution in [0.4, 0.5) is 8.78 Å². The summed E-state index contributed by atoms with van der Waals surface area (Å²) in [6.45, 7) is 3.86. The first-order valence-corrected chi connectivity index (χ1v) is 6.45. The summed E-state index contributed by atoms with van der Waals surface area (Å²) < 4.78 is 26.0. The third-order valence-corrected chi connectivity index (χ3v) is 3.79. The zero-order valence-electron chi connectivity index (χ0n) is 10.9. The molecule has 2 unspecified atom stereocenters. The Morgan fingerprint density at radius 2 is 2.11 bits per heavy atom. The van der Waals surface area contributed by atoms with Crippen molar-refractivity contribution < 1.29 is 8.78 Å². The zero-order chi connectivity index (χ0) is 13.1. The number of piperidine rings is 1. The molecular weight excluding hydrogens is 234 g/mol. The van der Waals surface area contributed by atoms with Crippen molar-refractivity contribution in [2.45, 2.75) is 38.4 Å². The van der Waals surface area contributed by atoms with Crippen LogP contribution in [-0.2, 0) is 6.54 Å². The van der Waals surface area contributed by atoms with E-state index in [1.807, 2.05) is 7.05 Å². The van der Waals surface area contributed by atoms with Gasteiger partial charge in [0, 0.05) is 25.2 Å². The second kappa shape index (κ2) is 5.76. The molecule has 1 fully saturated rings. The predicted molar refractivity (Wildman–Crippen MR) is 68.3 cm³/mol. The van der Waals surface area contributed by atoms with E-state index in [9.17, 15) is 8.78 Å². The maximum Gasteiger partial charge on any atom is 0.159 e. The summed E-state index contributed by atoms with van der Waals surface area (Å²) in [7, 11) is 1.99. The Morgan fingerprint density at radius 1 is 1.33 bits per heavy atom. The summed E-state index contributed by atoms with van der Waals surface area (Å²) >= 11 is 0. The molecule has 0 spiro atoms. The van der Waals surface area contributed by atoms with Gasteiger partial charge in [0.25, 0.3) is 0 Å². The lowest BCUT2D eigenvalue weighted by Gasteiger charge is -2.37. The number of nitrogens with zero attached hydrogens (tertiary/aromatic N) is 1. The Hall–Kier alpha value is -1.00. The summed E-state index contributed by atoms with van der Waals surface area (Å²) in [4.78, 5) is 2.32. The fourth-order valence-electron chi connectivity index (χ4n) is 2.59. The van der Waals surface area contributed by atoms with Crippen molar-refractivity contribution in [3.05, 3.63) is 35.4 Å². The molecule has 18 heavy (non-hydrogen) atoms. The predicted octanol–water partition coefficient (Wildman–Crippen LogP) is 2.54. The Morgan fingerprint density at radius 3 is 2.72 bits per heavy atom. The minimum absolute atomic E-state index is 0.462. The van der Waals surface area contributed by atoms with E-state index in [0.717, 1.165) is 24.9 Å². The molecule has 2 nitrogen and oxygen atoms in total. The van der Waals surface area contributed by atoms with E-state index in [2.05, 4.69) is 17.1 Å². The first kappa shape index (κ1) is 13.4. The summed E-state index contributed by atoms with van der Waals surface area (Å²) in [6, 6.07) is 5.20. The van der Waals surface area contributed by atoms with Gasteiger partial charge in [0.15, 0.2) is 11.6 Å². The van der Waals surface area contributed by atoms with Gasteiger partial charge in [-0.25, -0.2) is 8.78 Å². The SMILES string of the molecule is CNC1CCN(Cc2ccc(F)c(F)c2)C(C)C1. The van der Waals surface area contributed by atoms with E-state index >= 15 is 0 Å². The van der Waals surface area contributed by atoms with Crippen LogP contribution in [0.25, 0.3) is 0 Å². The zero-order valence-corrected chi connectivity index (χ0v) is 10.9. The molecule has 0 saturated carbocycles.